The van der Waals surface area contributed by atoms with Crippen LogP contribution < -0.4 is 33.2 Å². The van der Waals surface area contributed by atoms with Crippen molar-refractivity contribution in [3.05, 3.63) is 96.2 Å². The Morgan fingerprint density at radius 3 is 2.07 bits per heavy atom. The summed E-state index contributed by atoms with van der Waals surface area (Å²) in [5, 5.41) is 8.52. The molecule has 16 nitrogen and oxygen atoms in total. The maximum absolute atomic E-state index is 13.2. The number of carbonyl (C=O) groups is 5. The molecular weight excluding hydrogens is 745 g/mol. The number of nitrogens with zero attached hydrogens (tertiary/aromatic N) is 1. The predicted molar refractivity (Wildman–Crippen MR) is 227 cm³/mol. The van der Waals surface area contributed by atoms with E-state index < -0.39 is 60.1 Å². The van der Waals surface area contributed by atoms with Crippen LogP contribution in [-0.2, 0) is 39.8 Å². The number of carbonyl (C=O) groups excluding carboxylic acids is 5. The maximum Gasteiger partial charge on any atom is 0.408 e. The van der Waals surface area contributed by atoms with Crippen LogP contribution in [0.15, 0.2) is 84.5 Å². The fourth-order valence-corrected chi connectivity index (χ4v) is 5.08. The largest absolute Gasteiger partial charge is 0.468 e. The molecule has 3 unspecified atom stereocenters. The minimum Gasteiger partial charge on any atom is -0.468 e. The molecule has 0 saturated carbocycles. The Kier molecular flexibility index (Phi) is 22.3. The number of esters is 2. The lowest BCUT2D eigenvalue weighted by Crippen LogP contribution is -2.53. The van der Waals surface area contributed by atoms with Crippen molar-refractivity contribution >= 4 is 46.7 Å². The van der Waals surface area contributed by atoms with Crippen LogP contribution in [0, 0.1) is 13.8 Å². The minimum absolute atomic E-state index is 0.0962. The zero-order chi connectivity index (χ0) is 43.8. The summed E-state index contributed by atoms with van der Waals surface area (Å²) >= 11 is 0. The van der Waals surface area contributed by atoms with Gasteiger partial charge in [-0.3, -0.25) is 19.4 Å². The number of aromatic nitrogens is 1. The van der Waals surface area contributed by atoms with E-state index in [1.165, 1.54) is 25.3 Å². The van der Waals surface area contributed by atoms with E-state index in [9.17, 15) is 24.0 Å². The van der Waals surface area contributed by atoms with Gasteiger partial charge in [-0.15, -0.1) is 6.58 Å². The molecule has 0 spiro atoms. The Bertz CT molecular complexity index is 1810. The molecule has 0 radical (unpaired) electrons. The van der Waals surface area contributed by atoms with Crippen LogP contribution in [-0.4, -0.2) is 91.8 Å². The van der Waals surface area contributed by atoms with Gasteiger partial charge in [0.15, 0.2) is 5.96 Å². The Morgan fingerprint density at radius 2 is 1.52 bits per heavy atom. The van der Waals surface area contributed by atoms with Gasteiger partial charge < -0.3 is 52.3 Å². The van der Waals surface area contributed by atoms with E-state index in [1.54, 1.807) is 33.0 Å². The van der Waals surface area contributed by atoms with Crippen molar-refractivity contribution in [2.75, 3.05) is 27.3 Å². The molecule has 1 heterocycles. The van der Waals surface area contributed by atoms with Crippen LogP contribution >= 0.6 is 0 Å². The number of H-pyrrole nitrogens is 1. The number of fused-ring (bicyclic) bond motifs is 1. The molecular formula is C42H62N8O8. The van der Waals surface area contributed by atoms with Gasteiger partial charge in [-0.25, -0.2) is 9.59 Å². The first-order valence-corrected chi connectivity index (χ1v) is 18.7. The van der Waals surface area contributed by atoms with Gasteiger partial charge in [-0.05, 0) is 71.9 Å². The summed E-state index contributed by atoms with van der Waals surface area (Å²) in [5.41, 5.74) is 20.7. The maximum atomic E-state index is 13.2. The first-order chi connectivity index (χ1) is 27.3. The van der Waals surface area contributed by atoms with Crippen LogP contribution in [0.5, 0.6) is 0 Å². The summed E-state index contributed by atoms with van der Waals surface area (Å²) in [6.07, 6.45) is 4.56. The quantitative estimate of drug-likeness (QED) is 0.0258. The van der Waals surface area contributed by atoms with Crippen molar-refractivity contribution in [3.63, 3.8) is 0 Å². The number of aliphatic imine (C=N–C) groups is 1. The number of nitrogens with two attached hydrogens (primary N) is 3. The van der Waals surface area contributed by atoms with Crippen LogP contribution in [0.1, 0.15) is 63.1 Å². The average Bonchev–Trinajstić information content (AvgIpc) is 3.57. The number of rotatable bonds is 17. The third-order valence-electron chi connectivity index (χ3n) is 7.95. The SMILES string of the molecule is C=CCC(=C)CC(N)C(=O)OC.COC(=O)C(Cc1c[nH]c2ccccc12)NC(=O)C(CCCN=C(N)N)NC(=O)CNC(=O)OC(C)(C)C.Cc1ccc(C)cc1. The molecule has 3 aromatic rings. The molecule has 3 rings (SSSR count). The Morgan fingerprint density at radius 1 is 0.914 bits per heavy atom. The molecule has 1 aromatic heterocycles. The summed E-state index contributed by atoms with van der Waals surface area (Å²) in [6, 6.07) is 13.4. The van der Waals surface area contributed by atoms with Gasteiger partial charge in [-0.1, -0.05) is 71.8 Å². The van der Waals surface area contributed by atoms with Gasteiger partial charge in [0, 0.05) is 30.1 Å². The molecule has 0 bridgehead atoms. The highest BCUT2D eigenvalue weighted by Gasteiger charge is 2.28. The van der Waals surface area contributed by atoms with Gasteiger partial charge in [0.05, 0.1) is 14.2 Å². The van der Waals surface area contributed by atoms with Crippen molar-refractivity contribution in [1.29, 1.82) is 0 Å². The van der Waals surface area contributed by atoms with Crippen molar-refractivity contribution < 1.29 is 38.2 Å². The second kappa shape index (κ2) is 25.9. The van der Waals surface area contributed by atoms with Crippen LogP contribution in [0.25, 0.3) is 10.9 Å². The number of guanidine groups is 1. The van der Waals surface area contributed by atoms with E-state index in [4.69, 9.17) is 26.7 Å². The van der Waals surface area contributed by atoms with Crippen LogP contribution in [0.4, 0.5) is 4.79 Å². The van der Waals surface area contributed by atoms with E-state index in [0.29, 0.717) is 19.3 Å². The second-order valence-electron chi connectivity index (χ2n) is 14.3. The average molecular weight is 807 g/mol. The molecule has 0 fully saturated rings. The van der Waals surface area contributed by atoms with Gasteiger partial charge in [0.25, 0.3) is 0 Å². The van der Waals surface area contributed by atoms with Crippen molar-refractivity contribution in [2.45, 2.75) is 90.4 Å². The third kappa shape index (κ3) is 20.7. The number of para-hydroxylation sites is 1. The standard InChI is InChI=1S/C25H37N7O6.C9H15NO2.C8H10/c1-25(2,3)38-24(36)30-14-20(33)31-18(10-7-11-28-23(26)27)21(34)32-19(22(35)37-4)12-15-13-29-17-9-6-5-8-16(15)17;1-4-5-7(2)6-8(10)9(11)12-3;1-7-3-5-8(2)6-4-7/h5-6,8-9,13,18-19,29H,7,10-12,14H2,1-4H3,(H,30,36)(H,31,33)(H,32,34)(H4,26,27,28);4,8H,1-2,5-6,10H2,3H3;3-6H,1-2H3. The summed E-state index contributed by atoms with van der Waals surface area (Å²) in [5.74, 6) is -2.36. The zero-order valence-corrected chi connectivity index (χ0v) is 34.8. The molecule has 58 heavy (non-hydrogen) atoms. The minimum atomic E-state index is -1.03. The highest BCUT2D eigenvalue weighted by Crippen LogP contribution is 2.19. The topological polar surface area (TPSA) is 255 Å². The van der Waals surface area contributed by atoms with Gasteiger partial charge in [0.2, 0.25) is 11.8 Å². The summed E-state index contributed by atoms with van der Waals surface area (Å²) in [4.78, 5) is 68.0. The number of alkyl carbamates (subject to hydrolysis) is 1. The summed E-state index contributed by atoms with van der Waals surface area (Å²) in [7, 11) is 2.55. The highest BCUT2D eigenvalue weighted by atomic mass is 16.6. The lowest BCUT2D eigenvalue weighted by molar-refractivity contribution is -0.145. The van der Waals surface area contributed by atoms with E-state index in [0.717, 1.165) is 22.0 Å². The molecule has 2 aromatic carbocycles. The van der Waals surface area contributed by atoms with E-state index in [-0.39, 0.29) is 25.3 Å². The lowest BCUT2D eigenvalue weighted by atomic mass is 10.0. The first-order valence-electron chi connectivity index (χ1n) is 18.7. The monoisotopic (exact) mass is 806 g/mol. The van der Waals surface area contributed by atoms with Crippen LogP contribution in [0.3, 0.4) is 0 Å². The first kappa shape index (κ1) is 49.9. The van der Waals surface area contributed by atoms with Crippen LogP contribution in [0.2, 0.25) is 0 Å². The number of hydrogen-bond donors (Lipinski definition) is 7. The smallest absolute Gasteiger partial charge is 0.408 e. The van der Waals surface area contributed by atoms with E-state index in [1.807, 2.05) is 24.3 Å². The summed E-state index contributed by atoms with van der Waals surface area (Å²) < 4.78 is 14.5. The normalized spacial score (nSPS) is 12.0. The molecule has 0 aliphatic heterocycles. The molecule has 318 valence electrons. The number of aromatic amines is 1. The van der Waals surface area contributed by atoms with Gasteiger partial charge >= 0.3 is 18.0 Å². The molecule has 3 amide bonds. The molecule has 0 aliphatic carbocycles. The fourth-order valence-electron chi connectivity index (χ4n) is 5.08. The van der Waals surface area contributed by atoms with Gasteiger partial charge in [0.1, 0.15) is 30.3 Å². The Hall–Kier alpha value is -6.16. The summed E-state index contributed by atoms with van der Waals surface area (Å²) in [6.45, 7) is 16.4. The Balaban J connectivity index is 0.000000681. The van der Waals surface area contributed by atoms with E-state index in [2.05, 4.69) is 81.9 Å². The predicted octanol–water partition coefficient (Wildman–Crippen LogP) is 3.74. The Labute approximate surface area is 341 Å². The number of amides is 3. The van der Waals surface area contributed by atoms with Gasteiger partial charge in [-0.2, -0.15) is 0 Å². The number of nitrogens with one attached hydrogen (secondary N) is 4. The van der Waals surface area contributed by atoms with E-state index >= 15 is 0 Å². The van der Waals surface area contributed by atoms with Crippen molar-refractivity contribution in [1.82, 2.24) is 20.9 Å². The molecule has 16 heteroatoms. The number of hydrogen-bond acceptors (Lipinski definition) is 10. The second-order valence-corrected chi connectivity index (χ2v) is 14.3. The number of benzene rings is 2. The molecule has 0 aliphatic rings. The molecule has 0 saturated heterocycles. The third-order valence-corrected chi connectivity index (χ3v) is 7.95. The number of allylic oxidation sites excluding steroid dienone is 1. The number of ether oxygens (including phenoxy) is 3. The highest BCUT2D eigenvalue weighted by molar-refractivity contribution is 5.92. The lowest BCUT2D eigenvalue weighted by Gasteiger charge is -2.23. The fraction of sp³-hybridized carbons (Fsp3) is 0.429. The molecule has 10 N–H and O–H groups in total. The van der Waals surface area contributed by atoms with Crippen molar-refractivity contribution in [3.8, 4) is 0 Å². The number of methoxy groups -OCH3 is 2. The number of aryl methyl sites for hydroxylation is 2. The molecule has 3 atom stereocenters. The zero-order valence-electron chi connectivity index (χ0n) is 34.8. The van der Waals surface area contributed by atoms with Crippen molar-refractivity contribution in [2.24, 2.45) is 22.2 Å².